The molecule has 0 saturated carbocycles. The Kier molecular flexibility index (Phi) is 6.06. The third-order valence-electron chi connectivity index (χ3n) is 3.45. The molecule has 26 heavy (non-hydrogen) atoms. The molecule has 1 heterocycles. The second-order valence-corrected chi connectivity index (χ2v) is 5.85. The zero-order valence-electron chi connectivity index (χ0n) is 13.9. The van der Waals surface area contributed by atoms with Crippen molar-refractivity contribution in [3.63, 3.8) is 0 Å². The van der Waals surface area contributed by atoms with Crippen molar-refractivity contribution in [3.05, 3.63) is 83.5 Å². The molecule has 0 radical (unpaired) electrons. The van der Waals surface area contributed by atoms with Crippen LogP contribution in [0.4, 0.5) is 5.82 Å². The van der Waals surface area contributed by atoms with Crippen LogP contribution >= 0.6 is 11.6 Å². The highest BCUT2D eigenvalue weighted by Crippen LogP contribution is 2.22. The van der Waals surface area contributed by atoms with Crippen molar-refractivity contribution in [1.82, 2.24) is 4.98 Å². The summed E-state index contributed by atoms with van der Waals surface area (Å²) in [5, 5.41) is 3.31. The number of halogens is 1. The number of nitrogens with zero attached hydrogens (tertiary/aromatic N) is 1. The number of rotatable bonds is 7. The summed E-state index contributed by atoms with van der Waals surface area (Å²) in [6.45, 7) is 0.243. The number of aromatic nitrogens is 1. The minimum atomic E-state index is -0.330. The van der Waals surface area contributed by atoms with E-state index >= 15 is 0 Å². The van der Waals surface area contributed by atoms with Crippen molar-refractivity contribution in [2.75, 3.05) is 11.9 Å². The van der Waals surface area contributed by atoms with Gasteiger partial charge in [-0.05, 0) is 42.0 Å². The average molecular weight is 369 g/mol. The lowest BCUT2D eigenvalue weighted by Gasteiger charge is -2.12. The quantitative estimate of drug-likeness (QED) is 0.674. The summed E-state index contributed by atoms with van der Waals surface area (Å²) in [4.78, 5) is 16.3. The number of carbonyl (C=O) groups is 1. The lowest BCUT2D eigenvalue weighted by Crippen LogP contribution is -2.21. The molecule has 5 nitrogen and oxygen atoms in total. The standard InChI is InChI=1S/C20H17ClN2O3/c21-16-8-10-17(11-9-16)25-14-19(24)23-20-18(7-4-12-22-20)26-13-15-5-2-1-3-6-15/h1-12H,13-14H2,(H,22,23,24). The maximum absolute atomic E-state index is 12.1. The van der Waals surface area contributed by atoms with E-state index in [0.29, 0.717) is 28.9 Å². The number of amides is 1. The van der Waals surface area contributed by atoms with E-state index in [9.17, 15) is 4.79 Å². The van der Waals surface area contributed by atoms with Crippen LogP contribution in [0.5, 0.6) is 11.5 Å². The second kappa shape index (κ2) is 8.87. The van der Waals surface area contributed by atoms with E-state index in [-0.39, 0.29) is 12.5 Å². The maximum Gasteiger partial charge on any atom is 0.263 e. The highest BCUT2D eigenvalue weighted by molar-refractivity contribution is 6.30. The van der Waals surface area contributed by atoms with Crippen LogP contribution in [0.1, 0.15) is 5.56 Å². The molecule has 0 spiro atoms. The maximum atomic E-state index is 12.1. The van der Waals surface area contributed by atoms with Gasteiger partial charge >= 0.3 is 0 Å². The van der Waals surface area contributed by atoms with Gasteiger partial charge in [0.05, 0.1) is 0 Å². The minimum absolute atomic E-state index is 0.143. The summed E-state index contributed by atoms with van der Waals surface area (Å²) in [6.07, 6.45) is 1.59. The Morgan fingerprint density at radius 1 is 0.962 bits per heavy atom. The summed E-state index contributed by atoms with van der Waals surface area (Å²) in [7, 11) is 0. The first-order valence-corrected chi connectivity index (χ1v) is 8.38. The summed E-state index contributed by atoms with van der Waals surface area (Å²) in [6, 6.07) is 20.1. The van der Waals surface area contributed by atoms with Crippen molar-refractivity contribution in [1.29, 1.82) is 0 Å². The van der Waals surface area contributed by atoms with E-state index in [1.54, 1.807) is 42.6 Å². The van der Waals surface area contributed by atoms with E-state index in [1.807, 2.05) is 30.3 Å². The summed E-state index contributed by atoms with van der Waals surface area (Å²) < 4.78 is 11.2. The van der Waals surface area contributed by atoms with Gasteiger partial charge in [-0.1, -0.05) is 41.9 Å². The van der Waals surface area contributed by atoms with Gasteiger partial charge in [0.25, 0.3) is 5.91 Å². The summed E-state index contributed by atoms with van der Waals surface area (Å²) in [5.41, 5.74) is 1.03. The molecule has 0 fully saturated rings. The molecular weight excluding hydrogens is 352 g/mol. The first-order chi connectivity index (χ1) is 12.7. The van der Waals surface area contributed by atoms with Crippen molar-refractivity contribution in [3.8, 4) is 11.5 Å². The molecule has 0 aliphatic heterocycles. The smallest absolute Gasteiger partial charge is 0.263 e. The molecule has 3 rings (SSSR count). The number of anilines is 1. The number of hydrogen-bond donors (Lipinski definition) is 1. The van der Waals surface area contributed by atoms with Crippen molar-refractivity contribution in [2.45, 2.75) is 6.61 Å². The third-order valence-corrected chi connectivity index (χ3v) is 3.70. The third kappa shape index (κ3) is 5.22. The van der Waals surface area contributed by atoms with E-state index in [2.05, 4.69) is 10.3 Å². The second-order valence-electron chi connectivity index (χ2n) is 5.42. The number of hydrogen-bond acceptors (Lipinski definition) is 4. The number of pyridine rings is 1. The normalized spacial score (nSPS) is 10.2. The van der Waals surface area contributed by atoms with Crippen LogP contribution in [0, 0.1) is 0 Å². The summed E-state index contributed by atoms with van der Waals surface area (Å²) >= 11 is 5.82. The fraction of sp³-hybridized carbons (Fsp3) is 0.100. The molecule has 3 aromatic rings. The fourth-order valence-electron chi connectivity index (χ4n) is 2.18. The Labute approximate surface area is 156 Å². The van der Waals surface area contributed by atoms with Crippen LogP contribution in [-0.4, -0.2) is 17.5 Å². The Balaban J connectivity index is 1.56. The molecule has 0 bridgehead atoms. The highest BCUT2D eigenvalue weighted by atomic mass is 35.5. The van der Waals surface area contributed by atoms with E-state index in [4.69, 9.17) is 21.1 Å². The number of benzene rings is 2. The van der Waals surface area contributed by atoms with Gasteiger partial charge < -0.3 is 14.8 Å². The largest absolute Gasteiger partial charge is 0.485 e. The lowest BCUT2D eigenvalue weighted by atomic mass is 10.2. The van der Waals surface area contributed by atoms with Gasteiger partial charge in [-0.25, -0.2) is 4.98 Å². The number of carbonyl (C=O) groups excluding carboxylic acids is 1. The number of ether oxygens (including phenoxy) is 2. The molecule has 0 unspecified atom stereocenters. The molecule has 1 N–H and O–H groups in total. The molecule has 1 aromatic heterocycles. The van der Waals surface area contributed by atoms with Gasteiger partial charge in [-0.2, -0.15) is 0 Å². The monoisotopic (exact) mass is 368 g/mol. The topological polar surface area (TPSA) is 60.5 Å². The molecule has 0 atom stereocenters. The van der Waals surface area contributed by atoms with Crippen molar-refractivity contribution < 1.29 is 14.3 Å². The van der Waals surface area contributed by atoms with Crippen molar-refractivity contribution in [2.24, 2.45) is 0 Å². The Morgan fingerprint density at radius 2 is 1.73 bits per heavy atom. The van der Waals surface area contributed by atoms with Gasteiger partial charge in [0.2, 0.25) is 0 Å². The fourth-order valence-corrected chi connectivity index (χ4v) is 2.31. The molecule has 0 aliphatic rings. The predicted octanol–water partition coefficient (Wildman–Crippen LogP) is 4.33. The minimum Gasteiger partial charge on any atom is -0.485 e. The Morgan fingerprint density at radius 3 is 2.50 bits per heavy atom. The van der Waals surface area contributed by atoms with Gasteiger partial charge in [0.1, 0.15) is 12.4 Å². The van der Waals surface area contributed by atoms with Crippen LogP contribution in [-0.2, 0) is 11.4 Å². The molecule has 1 amide bonds. The molecule has 0 saturated heterocycles. The average Bonchev–Trinajstić information content (AvgIpc) is 2.68. The predicted molar refractivity (Wildman–Crippen MR) is 101 cm³/mol. The van der Waals surface area contributed by atoms with Crippen LogP contribution in [0.3, 0.4) is 0 Å². The van der Waals surface area contributed by atoms with E-state index in [1.165, 1.54) is 0 Å². The van der Waals surface area contributed by atoms with Crippen molar-refractivity contribution >= 4 is 23.3 Å². The number of nitrogens with one attached hydrogen (secondary N) is 1. The molecule has 6 heteroatoms. The van der Waals surface area contributed by atoms with Crippen LogP contribution in [0.25, 0.3) is 0 Å². The Bertz CT molecular complexity index is 854. The lowest BCUT2D eigenvalue weighted by molar-refractivity contribution is -0.118. The van der Waals surface area contributed by atoms with Crippen LogP contribution < -0.4 is 14.8 Å². The molecule has 132 valence electrons. The van der Waals surface area contributed by atoms with Gasteiger partial charge in [-0.3, -0.25) is 4.79 Å². The SMILES string of the molecule is O=C(COc1ccc(Cl)cc1)Nc1ncccc1OCc1ccccc1. The van der Waals surface area contributed by atoms with Gasteiger partial charge in [0.15, 0.2) is 18.2 Å². The highest BCUT2D eigenvalue weighted by Gasteiger charge is 2.10. The van der Waals surface area contributed by atoms with E-state index < -0.39 is 0 Å². The summed E-state index contributed by atoms with van der Waals surface area (Å²) in [5.74, 6) is 1.08. The van der Waals surface area contributed by atoms with E-state index in [0.717, 1.165) is 5.56 Å². The molecular formula is C20H17ClN2O3. The zero-order chi connectivity index (χ0) is 18.2. The molecule has 2 aromatic carbocycles. The molecule has 0 aliphatic carbocycles. The van der Waals surface area contributed by atoms with Gasteiger partial charge in [0, 0.05) is 11.2 Å². The first-order valence-electron chi connectivity index (χ1n) is 8.01. The van der Waals surface area contributed by atoms with Crippen LogP contribution in [0.15, 0.2) is 72.9 Å². The zero-order valence-corrected chi connectivity index (χ0v) is 14.6. The first kappa shape index (κ1) is 17.8. The Hall–Kier alpha value is -3.05. The van der Waals surface area contributed by atoms with Gasteiger partial charge in [-0.15, -0.1) is 0 Å². The van der Waals surface area contributed by atoms with Crippen LogP contribution in [0.2, 0.25) is 5.02 Å².